The molecule has 1 unspecified atom stereocenters. The van der Waals surface area contributed by atoms with E-state index in [0.717, 1.165) is 11.1 Å². The van der Waals surface area contributed by atoms with Gasteiger partial charge in [0.25, 0.3) is 0 Å². The molecule has 1 heterocycles. The van der Waals surface area contributed by atoms with Crippen LogP contribution in [0, 0.1) is 5.82 Å². The Morgan fingerprint density at radius 3 is 2.69 bits per heavy atom. The number of amides is 1. The van der Waals surface area contributed by atoms with Crippen LogP contribution in [-0.2, 0) is 20.7 Å². The zero-order valence-electron chi connectivity index (χ0n) is 16.1. The largest absolute Gasteiger partial charge is 0.482 e. The molecule has 0 saturated heterocycles. The van der Waals surface area contributed by atoms with Crippen molar-refractivity contribution in [2.75, 3.05) is 26.3 Å². The molecule has 0 spiro atoms. The van der Waals surface area contributed by atoms with Gasteiger partial charge in [-0.25, -0.2) is 9.18 Å². The highest BCUT2D eigenvalue weighted by molar-refractivity contribution is 5.85. The number of benzene rings is 2. The first-order chi connectivity index (χ1) is 13.5. The van der Waals surface area contributed by atoms with E-state index in [1.807, 2.05) is 24.3 Å². The van der Waals surface area contributed by atoms with Crippen molar-refractivity contribution in [3.05, 3.63) is 65.0 Å². The average Bonchev–Trinajstić information content (AvgIpc) is 2.71. The van der Waals surface area contributed by atoms with Gasteiger partial charge in [0.2, 0.25) is 5.91 Å². The van der Waals surface area contributed by atoms with E-state index in [-0.39, 0.29) is 38.1 Å². The van der Waals surface area contributed by atoms with Crippen LogP contribution in [0.5, 0.6) is 5.75 Å². The monoisotopic (exact) mass is 422 g/mol. The molecule has 0 radical (unpaired) electrons. The van der Waals surface area contributed by atoms with Gasteiger partial charge in [-0.3, -0.25) is 4.79 Å². The lowest BCUT2D eigenvalue weighted by Gasteiger charge is -2.38. The van der Waals surface area contributed by atoms with Crippen molar-refractivity contribution < 1.29 is 23.5 Å². The van der Waals surface area contributed by atoms with Crippen LogP contribution in [0.25, 0.3) is 0 Å². The molecule has 156 valence electrons. The number of nitrogens with zero attached hydrogens (tertiary/aromatic N) is 1. The lowest BCUT2D eigenvalue weighted by Crippen LogP contribution is -2.43. The minimum Gasteiger partial charge on any atom is -0.482 e. The average molecular weight is 423 g/mol. The van der Waals surface area contributed by atoms with Gasteiger partial charge in [0, 0.05) is 12.1 Å². The number of halogens is 2. The second kappa shape index (κ2) is 10.2. The van der Waals surface area contributed by atoms with Gasteiger partial charge in [0.1, 0.15) is 11.6 Å². The van der Waals surface area contributed by atoms with Gasteiger partial charge >= 0.3 is 5.97 Å². The molecule has 1 amide bonds. The summed E-state index contributed by atoms with van der Waals surface area (Å²) in [5, 5.41) is 0. The molecule has 2 aromatic carbocycles. The standard InChI is InChI=1S/C21H23FN2O4.ClH/c1-2-27-20(26)13-28-18-8-7-15(22)11-17(18)21-16-6-4-3-5-14(16)9-10-24(21)19(25)12-23;/h3-8,11,21H,2,9-10,12-13,23H2,1H3;1H. The van der Waals surface area contributed by atoms with Crippen molar-refractivity contribution >= 4 is 24.3 Å². The lowest BCUT2D eigenvalue weighted by atomic mass is 9.87. The molecule has 0 aliphatic carbocycles. The Morgan fingerprint density at radius 1 is 1.21 bits per heavy atom. The van der Waals surface area contributed by atoms with E-state index in [1.54, 1.807) is 11.8 Å². The van der Waals surface area contributed by atoms with Crippen LogP contribution in [0.1, 0.15) is 29.7 Å². The number of fused-ring (bicyclic) bond motifs is 1. The second-order valence-electron chi connectivity index (χ2n) is 6.42. The van der Waals surface area contributed by atoms with Crippen LogP contribution < -0.4 is 10.5 Å². The highest BCUT2D eigenvalue weighted by atomic mass is 35.5. The van der Waals surface area contributed by atoms with Gasteiger partial charge in [-0.15, -0.1) is 12.4 Å². The van der Waals surface area contributed by atoms with E-state index < -0.39 is 17.8 Å². The van der Waals surface area contributed by atoms with E-state index >= 15 is 0 Å². The predicted octanol–water partition coefficient (Wildman–Crippen LogP) is 2.62. The van der Waals surface area contributed by atoms with E-state index in [0.29, 0.717) is 24.3 Å². The zero-order valence-corrected chi connectivity index (χ0v) is 16.9. The first kappa shape index (κ1) is 22.6. The number of carbonyl (C=O) groups excluding carboxylic acids is 2. The van der Waals surface area contributed by atoms with Gasteiger partial charge in [0.05, 0.1) is 19.2 Å². The van der Waals surface area contributed by atoms with E-state index in [9.17, 15) is 14.0 Å². The topological polar surface area (TPSA) is 81.9 Å². The molecule has 6 nitrogen and oxygen atoms in total. The molecule has 0 aromatic heterocycles. The fourth-order valence-electron chi connectivity index (χ4n) is 3.49. The van der Waals surface area contributed by atoms with Crippen molar-refractivity contribution in [2.45, 2.75) is 19.4 Å². The molecular weight excluding hydrogens is 399 g/mol. The van der Waals surface area contributed by atoms with Crippen molar-refractivity contribution in [1.29, 1.82) is 0 Å². The quantitative estimate of drug-likeness (QED) is 0.724. The third-order valence-electron chi connectivity index (χ3n) is 4.70. The maximum atomic E-state index is 14.1. The maximum Gasteiger partial charge on any atom is 0.344 e. The summed E-state index contributed by atoms with van der Waals surface area (Å²) in [4.78, 5) is 25.8. The van der Waals surface area contributed by atoms with Crippen LogP contribution in [0.15, 0.2) is 42.5 Å². The van der Waals surface area contributed by atoms with Crippen LogP contribution in [0.2, 0.25) is 0 Å². The first-order valence-electron chi connectivity index (χ1n) is 9.20. The Balaban J connectivity index is 0.00000300. The molecule has 29 heavy (non-hydrogen) atoms. The molecule has 1 aliphatic rings. The van der Waals surface area contributed by atoms with Gasteiger partial charge in [-0.05, 0) is 42.7 Å². The molecule has 3 rings (SSSR count). The molecule has 8 heteroatoms. The van der Waals surface area contributed by atoms with Crippen LogP contribution in [0.4, 0.5) is 4.39 Å². The summed E-state index contributed by atoms with van der Waals surface area (Å²) in [6, 6.07) is 11.2. The van der Waals surface area contributed by atoms with Gasteiger partial charge in [-0.2, -0.15) is 0 Å². The zero-order chi connectivity index (χ0) is 20.1. The van der Waals surface area contributed by atoms with Crippen LogP contribution in [-0.4, -0.2) is 43.1 Å². The van der Waals surface area contributed by atoms with Crippen molar-refractivity contribution in [3.63, 3.8) is 0 Å². The Morgan fingerprint density at radius 2 is 1.97 bits per heavy atom. The number of hydrogen-bond acceptors (Lipinski definition) is 5. The summed E-state index contributed by atoms with van der Waals surface area (Å²) in [7, 11) is 0. The lowest BCUT2D eigenvalue weighted by molar-refractivity contribution is -0.145. The molecule has 0 fully saturated rings. The number of hydrogen-bond donors (Lipinski definition) is 1. The maximum absolute atomic E-state index is 14.1. The minimum atomic E-state index is -0.547. The third-order valence-corrected chi connectivity index (χ3v) is 4.70. The minimum absolute atomic E-state index is 0. The summed E-state index contributed by atoms with van der Waals surface area (Å²) < 4.78 is 24.6. The highest BCUT2D eigenvalue weighted by Crippen LogP contribution is 2.39. The molecule has 1 aliphatic heterocycles. The van der Waals surface area contributed by atoms with E-state index in [2.05, 4.69) is 0 Å². The molecule has 0 bridgehead atoms. The van der Waals surface area contributed by atoms with Gasteiger partial charge in [0.15, 0.2) is 6.61 Å². The van der Waals surface area contributed by atoms with E-state index in [1.165, 1.54) is 18.2 Å². The highest BCUT2D eigenvalue weighted by Gasteiger charge is 2.33. The Kier molecular flexibility index (Phi) is 7.99. The summed E-state index contributed by atoms with van der Waals surface area (Å²) in [5.74, 6) is -0.885. The summed E-state index contributed by atoms with van der Waals surface area (Å²) >= 11 is 0. The number of ether oxygens (including phenoxy) is 2. The summed E-state index contributed by atoms with van der Waals surface area (Å²) in [6.45, 7) is 1.97. The number of nitrogens with two attached hydrogens (primary N) is 1. The first-order valence-corrected chi connectivity index (χ1v) is 9.20. The third kappa shape index (κ3) is 5.05. The molecular formula is C21H24ClFN2O4. The smallest absolute Gasteiger partial charge is 0.344 e. The number of rotatable bonds is 6. The van der Waals surface area contributed by atoms with Gasteiger partial charge in [-0.1, -0.05) is 24.3 Å². The summed E-state index contributed by atoms with van der Waals surface area (Å²) in [5.41, 5.74) is 8.04. The molecule has 2 N–H and O–H groups in total. The Hall–Kier alpha value is -2.64. The van der Waals surface area contributed by atoms with Crippen molar-refractivity contribution in [1.82, 2.24) is 4.90 Å². The van der Waals surface area contributed by atoms with Crippen LogP contribution >= 0.6 is 12.4 Å². The normalized spacial score (nSPS) is 15.1. The van der Waals surface area contributed by atoms with Crippen LogP contribution in [0.3, 0.4) is 0 Å². The molecule has 1 atom stereocenters. The van der Waals surface area contributed by atoms with E-state index in [4.69, 9.17) is 15.2 Å². The summed E-state index contributed by atoms with van der Waals surface area (Å²) in [6.07, 6.45) is 0.687. The Labute approximate surface area is 175 Å². The SMILES string of the molecule is CCOC(=O)COc1ccc(F)cc1C1c2ccccc2CCN1C(=O)CN.Cl. The number of carbonyl (C=O) groups is 2. The van der Waals surface area contributed by atoms with Crippen molar-refractivity contribution in [3.8, 4) is 5.75 Å². The fourth-order valence-corrected chi connectivity index (χ4v) is 3.49. The second-order valence-corrected chi connectivity index (χ2v) is 6.42. The van der Waals surface area contributed by atoms with Crippen molar-refractivity contribution in [2.24, 2.45) is 5.73 Å². The molecule has 2 aromatic rings. The number of esters is 1. The predicted molar refractivity (Wildman–Crippen MR) is 109 cm³/mol. The van der Waals surface area contributed by atoms with Gasteiger partial charge < -0.3 is 20.1 Å². The fraction of sp³-hybridized carbons (Fsp3) is 0.333. The Bertz CT molecular complexity index is 878. The molecule has 0 saturated carbocycles.